The van der Waals surface area contributed by atoms with Crippen molar-refractivity contribution in [1.82, 2.24) is 5.48 Å². The minimum atomic E-state index is 0.343. The highest BCUT2D eigenvalue weighted by Gasteiger charge is 2.33. The molecule has 8 heavy (non-hydrogen) atoms. The maximum absolute atomic E-state index is 5.15. The minimum absolute atomic E-state index is 0.343. The third-order valence-corrected chi connectivity index (χ3v) is 1.72. The smallest absolute Gasteiger partial charge is 0.109 e. The molecule has 0 aromatic heterocycles. The Bertz CT molecular complexity index is 76.4. The molecule has 2 fully saturated rings. The van der Waals surface area contributed by atoms with Gasteiger partial charge in [0, 0.05) is 12.5 Å². The molecule has 0 bridgehead atoms. The summed E-state index contributed by atoms with van der Waals surface area (Å²) in [5.74, 6) is 0.620. The lowest BCUT2D eigenvalue weighted by molar-refractivity contribution is 0.0109. The summed E-state index contributed by atoms with van der Waals surface area (Å²) in [5.41, 5.74) is 2.84. The SMILES string of the molecule is C1NO[C@@H]2COC[C@@H]12. The van der Waals surface area contributed by atoms with Crippen LogP contribution in [0.25, 0.3) is 0 Å². The van der Waals surface area contributed by atoms with Crippen LogP contribution < -0.4 is 5.48 Å². The molecule has 2 aliphatic heterocycles. The zero-order chi connectivity index (χ0) is 5.40. The summed E-state index contributed by atoms with van der Waals surface area (Å²) in [5, 5.41) is 0. The number of rotatable bonds is 0. The van der Waals surface area contributed by atoms with E-state index in [0.717, 1.165) is 19.8 Å². The Kier molecular flexibility index (Phi) is 0.997. The van der Waals surface area contributed by atoms with E-state index in [2.05, 4.69) is 5.48 Å². The van der Waals surface area contributed by atoms with Crippen LogP contribution >= 0.6 is 0 Å². The first-order chi connectivity index (χ1) is 3.97. The van der Waals surface area contributed by atoms with E-state index in [1.165, 1.54) is 0 Å². The van der Waals surface area contributed by atoms with Crippen LogP contribution in [0.5, 0.6) is 0 Å². The maximum atomic E-state index is 5.15. The highest BCUT2D eigenvalue weighted by atomic mass is 16.7. The van der Waals surface area contributed by atoms with Crippen molar-refractivity contribution in [2.24, 2.45) is 5.92 Å². The Morgan fingerprint density at radius 1 is 1.38 bits per heavy atom. The lowest BCUT2D eigenvalue weighted by Gasteiger charge is -1.98. The molecule has 0 amide bonds. The monoisotopic (exact) mass is 115 g/mol. The summed E-state index contributed by atoms with van der Waals surface area (Å²) >= 11 is 0. The average Bonchev–Trinajstić information content (AvgIpc) is 2.15. The summed E-state index contributed by atoms with van der Waals surface area (Å²) in [7, 11) is 0. The second kappa shape index (κ2) is 1.69. The van der Waals surface area contributed by atoms with Crippen molar-refractivity contribution in [3.05, 3.63) is 0 Å². The average molecular weight is 115 g/mol. The van der Waals surface area contributed by atoms with Crippen molar-refractivity contribution >= 4 is 0 Å². The molecular formula is C5H9NO2. The molecule has 0 aliphatic carbocycles. The second-order valence-corrected chi connectivity index (χ2v) is 2.30. The van der Waals surface area contributed by atoms with E-state index in [-0.39, 0.29) is 0 Å². The molecule has 0 aromatic carbocycles. The normalized spacial score (nSPS) is 45.0. The van der Waals surface area contributed by atoms with Crippen molar-refractivity contribution in [2.45, 2.75) is 6.10 Å². The first-order valence-electron chi connectivity index (χ1n) is 2.93. The van der Waals surface area contributed by atoms with Crippen LogP contribution in [0.2, 0.25) is 0 Å². The van der Waals surface area contributed by atoms with Crippen molar-refractivity contribution in [3.8, 4) is 0 Å². The number of nitrogens with one attached hydrogen (secondary N) is 1. The minimum Gasteiger partial charge on any atom is -0.378 e. The molecule has 2 rings (SSSR count). The van der Waals surface area contributed by atoms with E-state index >= 15 is 0 Å². The van der Waals surface area contributed by atoms with Crippen molar-refractivity contribution < 1.29 is 9.57 Å². The van der Waals surface area contributed by atoms with Crippen LogP contribution in [-0.2, 0) is 9.57 Å². The Labute approximate surface area is 47.9 Å². The maximum Gasteiger partial charge on any atom is 0.109 e. The van der Waals surface area contributed by atoms with Gasteiger partial charge in [-0.05, 0) is 0 Å². The van der Waals surface area contributed by atoms with Gasteiger partial charge in [0.1, 0.15) is 6.10 Å². The molecule has 3 nitrogen and oxygen atoms in total. The molecule has 2 saturated heterocycles. The van der Waals surface area contributed by atoms with Gasteiger partial charge in [-0.3, -0.25) is 4.84 Å². The van der Waals surface area contributed by atoms with Gasteiger partial charge in [0.25, 0.3) is 0 Å². The van der Waals surface area contributed by atoms with Gasteiger partial charge < -0.3 is 4.74 Å². The van der Waals surface area contributed by atoms with E-state index in [4.69, 9.17) is 9.57 Å². The molecule has 0 aromatic rings. The molecule has 3 heteroatoms. The third kappa shape index (κ3) is 0.555. The van der Waals surface area contributed by atoms with E-state index in [9.17, 15) is 0 Å². The van der Waals surface area contributed by atoms with Gasteiger partial charge in [-0.25, -0.2) is 5.48 Å². The Morgan fingerprint density at radius 3 is 3.25 bits per heavy atom. The fourth-order valence-corrected chi connectivity index (χ4v) is 1.16. The second-order valence-electron chi connectivity index (χ2n) is 2.30. The fourth-order valence-electron chi connectivity index (χ4n) is 1.16. The van der Waals surface area contributed by atoms with Crippen molar-refractivity contribution in [3.63, 3.8) is 0 Å². The number of hydrogen-bond donors (Lipinski definition) is 1. The largest absolute Gasteiger partial charge is 0.378 e. The van der Waals surface area contributed by atoms with Gasteiger partial charge in [-0.15, -0.1) is 0 Å². The molecule has 2 heterocycles. The lowest BCUT2D eigenvalue weighted by Crippen LogP contribution is -2.13. The van der Waals surface area contributed by atoms with Crippen LogP contribution in [0, 0.1) is 5.92 Å². The van der Waals surface area contributed by atoms with Gasteiger partial charge in [0.2, 0.25) is 0 Å². The summed E-state index contributed by atoms with van der Waals surface area (Å²) in [6.45, 7) is 2.61. The van der Waals surface area contributed by atoms with E-state index < -0.39 is 0 Å². The number of ether oxygens (including phenoxy) is 1. The Balaban J connectivity index is 2.04. The van der Waals surface area contributed by atoms with Gasteiger partial charge in [-0.2, -0.15) is 0 Å². The van der Waals surface area contributed by atoms with Crippen LogP contribution in [-0.4, -0.2) is 25.9 Å². The molecule has 46 valence electrons. The van der Waals surface area contributed by atoms with E-state index in [1.807, 2.05) is 0 Å². The van der Waals surface area contributed by atoms with E-state index in [1.54, 1.807) is 0 Å². The number of hydrogen-bond acceptors (Lipinski definition) is 3. The Hall–Kier alpha value is -0.120. The highest BCUT2D eigenvalue weighted by molar-refractivity contribution is 4.79. The molecular weight excluding hydrogens is 106 g/mol. The lowest BCUT2D eigenvalue weighted by atomic mass is 10.1. The molecule has 0 saturated carbocycles. The summed E-state index contributed by atoms with van der Waals surface area (Å²) in [4.78, 5) is 5.10. The number of hydroxylamine groups is 1. The first kappa shape index (κ1) is 4.73. The predicted molar refractivity (Wildman–Crippen MR) is 27.2 cm³/mol. The van der Waals surface area contributed by atoms with Crippen LogP contribution in [0.1, 0.15) is 0 Å². The quantitative estimate of drug-likeness (QED) is 0.463. The number of fused-ring (bicyclic) bond motifs is 1. The standard InChI is InChI=1S/C5H9NO2/c1-4-2-7-3-5(4)8-6-1/h4-6H,1-3H2/t4-,5-/m1/s1. The van der Waals surface area contributed by atoms with Crippen LogP contribution in [0.4, 0.5) is 0 Å². The van der Waals surface area contributed by atoms with E-state index in [0.29, 0.717) is 12.0 Å². The summed E-state index contributed by atoms with van der Waals surface area (Å²) in [6.07, 6.45) is 0.343. The molecule has 1 N–H and O–H groups in total. The molecule has 2 aliphatic rings. The van der Waals surface area contributed by atoms with Crippen LogP contribution in [0.15, 0.2) is 0 Å². The topological polar surface area (TPSA) is 30.5 Å². The first-order valence-corrected chi connectivity index (χ1v) is 2.93. The third-order valence-electron chi connectivity index (χ3n) is 1.72. The summed E-state index contributed by atoms with van der Waals surface area (Å²) in [6, 6.07) is 0. The van der Waals surface area contributed by atoms with Crippen molar-refractivity contribution in [1.29, 1.82) is 0 Å². The van der Waals surface area contributed by atoms with Gasteiger partial charge in [-0.1, -0.05) is 0 Å². The molecule has 0 spiro atoms. The van der Waals surface area contributed by atoms with Gasteiger partial charge in [0.05, 0.1) is 13.2 Å². The van der Waals surface area contributed by atoms with Crippen LogP contribution in [0.3, 0.4) is 0 Å². The zero-order valence-corrected chi connectivity index (χ0v) is 4.59. The van der Waals surface area contributed by atoms with Gasteiger partial charge >= 0.3 is 0 Å². The van der Waals surface area contributed by atoms with Gasteiger partial charge in [0.15, 0.2) is 0 Å². The Morgan fingerprint density at radius 2 is 2.38 bits per heavy atom. The zero-order valence-electron chi connectivity index (χ0n) is 4.59. The molecule has 0 radical (unpaired) electrons. The molecule has 0 unspecified atom stereocenters. The van der Waals surface area contributed by atoms with Crippen molar-refractivity contribution in [2.75, 3.05) is 19.8 Å². The highest BCUT2D eigenvalue weighted by Crippen LogP contribution is 2.19. The molecule has 2 atom stereocenters. The fraction of sp³-hybridized carbons (Fsp3) is 1.00. The summed E-state index contributed by atoms with van der Waals surface area (Å²) < 4.78 is 5.15. The predicted octanol–water partition coefficient (Wildman–Crippen LogP) is -0.464.